The number of thioether (sulfide) groups is 1. The summed E-state index contributed by atoms with van der Waals surface area (Å²) in [5.41, 5.74) is 1.13. The fourth-order valence-corrected chi connectivity index (χ4v) is 2.62. The molecule has 0 saturated carbocycles. The maximum absolute atomic E-state index is 10.5. The van der Waals surface area contributed by atoms with Crippen LogP contribution in [-0.2, 0) is 11.2 Å². The third-order valence-corrected chi connectivity index (χ3v) is 3.47. The van der Waals surface area contributed by atoms with Gasteiger partial charge in [-0.15, -0.1) is 11.8 Å². The first-order valence-electron chi connectivity index (χ1n) is 5.39. The van der Waals surface area contributed by atoms with Gasteiger partial charge in [-0.25, -0.2) is 0 Å². The maximum Gasteiger partial charge on any atom is 0.303 e. The highest BCUT2D eigenvalue weighted by Gasteiger charge is 2.20. The van der Waals surface area contributed by atoms with Crippen LogP contribution in [0.1, 0.15) is 18.4 Å². The molecule has 1 aromatic carbocycles. The van der Waals surface area contributed by atoms with Crippen LogP contribution in [0.5, 0.6) is 11.5 Å². The number of carbonyl (C=O) groups is 1. The summed E-state index contributed by atoms with van der Waals surface area (Å²) in [7, 11) is 0. The lowest BCUT2D eigenvalue weighted by Gasteiger charge is -2.09. The Hall–Kier alpha value is -1.36. The summed E-state index contributed by atoms with van der Waals surface area (Å²) in [5, 5.41) is 8.62. The normalized spacial score (nSPS) is 12.8. The lowest BCUT2D eigenvalue weighted by molar-refractivity contribution is -0.137. The largest absolute Gasteiger partial charge is 0.481 e. The average Bonchev–Trinajstić information content (AvgIpc) is 2.76. The topological polar surface area (TPSA) is 55.8 Å². The molecule has 0 saturated heterocycles. The van der Waals surface area contributed by atoms with Crippen molar-refractivity contribution in [2.45, 2.75) is 24.2 Å². The number of carboxylic acids is 1. The van der Waals surface area contributed by atoms with E-state index in [0.29, 0.717) is 6.42 Å². The van der Waals surface area contributed by atoms with E-state index in [2.05, 4.69) is 0 Å². The Balaban J connectivity index is 2.14. The third-order valence-electron chi connectivity index (χ3n) is 2.62. The summed E-state index contributed by atoms with van der Waals surface area (Å²) >= 11 is 1.61. The summed E-state index contributed by atoms with van der Waals surface area (Å²) in [6.07, 6.45) is 3.57. The molecular weight excluding hydrogens is 240 g/mol. The lowest BCUT2D eigenvalue weighted by Crippen LogP contribution is -1.97. The molecule has 0 unspecified atom stereocenters. The van der Waals surface area contributed by atoms with Crippen molar-refractivity contribution in [2.75, 3.05) is 13.0 Å². The molecule has 92 valence electrons. The number of hydrogen-bond acceptors (Lipinski definition) is 4. The van der Waals surface area contributed by atoms with Crippen molar-refractivity contribution in [1.82, 2.24) is 0 Å². The minimum atomic E-state index is -0.753. The molecule has 1 heterocycles. The second kappa shape index (κ2) is 5.31. The number of ether oxygens (including phenoxy) is 2. The van der Waals surface area contributed by atoms with Crippen LogP contribution in [-0.4, -0.2) is 24.1 Å². The SMILES string of the molecule is CSc1c(CCCC(=O)O)ccc2c1OCO2. The van der Waals surface area contributed by atoms with Crippen molar-refractivity contribution in [3.8, 4) is 11.5 Å². The van der Waals surface area contributed by atoms with Crippen LogP contribution in [0.4, 0.5) is 0 Å². The minimum Gasteiger partial charge on any atom is -0.481 e. The number of aryl methyl sites for hydroxylation is 1. The first kappa shape index (κ1) is 12.1. The molecule has 17 heavy (non-hydrogen) atoms. The smallest absolute Gasteiger partial charge is 0.303 e. The Morgan fingerprint density at radius 3 is 3.00 bits per heavy atom. The van der Waals surface area contributed by atoms with Crippen molar-refractivity contribution >= 4 is 17.7 Å². The Kier molecular flexibility index (Phi) is 3.78. The van der Waals surface area contributed by atoms with Crippen molar-refractivity contribution < 1.29 is 19.4 Å². The van der Waals surface area contributed by atoms with Gasteiger partial charge < -0.3 is 14.6 Å². The number of benzene rings is 1. The lowest BCUT2D eigenvalue weighted by atomic mass is 10.1. The standard InChI is InChI=1S/C12H14O4S/c1-17-12-8(3-2-4-10(13)14)5-6-9-11(12)16-7-15-9/h5-6H,2-4,7H2,1H3,(H,13,14). The van der Waals surface area contributed by atoms with Crippen LogP contribution in [0.3, 0.4) is 0 Å². The maximum atomic E-state index is 10.5. The molecule has 0 fully saturated rings. The first-order chi connectivity index (χ1) is 8.22. The van der Waals surface area contributed by atoms with E-state index in [1.165, 1.54) is 0 Å². The zero-order valence-electron chi connectivity index (χ0n) is 9.56. The Morgan fingerprint density at radius 2 is 2.29 bits per heavy atom. The molecule has 0 amide bonds. The van der Waals surface area contributed by atoms with E-state index in [0.717, 1.165) is 28.4 Å². The van der Waals surface area contributed by atoms with Crippen LogP contribution in [0, 0.1) is 0 Å². The van der Waals surface area contributed by atoms with Gasteiger partial charge in [-0.05, 0) is 30.7 Å². The predicted molar refractivity (Wildman–Crippen MR) is 64.9 cm³/mol. The molecule has 0 spiro atoms. The van der Waals surface area contributed by atoms with E-state index in [9.17, 15) is 4.79 Å². The summed E-state index contributed by atoms with van der Waals surface area (Å²) in [6.45, 7) is 0.265. The van der Waals surface area contributed by atoms with Gasteiger partial charge in [0.05, 0.1) is 4.90 Å². The molecule has 0 aliphatic carbocycles. The summed E-state index contributed by atoms with van der Waals surface area (Å²) in [5.74, 6) is 0.818. The van der Waals surface area contributed by atoms with Gasteiger partial charge in [0.2, 0.25) is 6.79 Å². The summed E-state index contributed by atoms with van der Waals surface area (Å²) < 4.78 is 10.7. The van der Waals surface area contributed by atoms with Crippen LogP contribution in [0.2, 0.25) is 0 Å². The molecule has 1 aliphatic rings. The van der Waals surface area contributed by atoms with Crippen molar-refractivity contribution in [1.29, 1.82) is 0 Å². The molecule has 0 bridgehead atoms. The third kappa shape index (κ3) is 2.66. The van der Waals surface area contributed by atoms with Gasteiger partial charge in [-0.2, -0.15) is 0 Å². The second-order valence-corrected chi connectivity index (χ2v) is 4.56. The fourth-order valence-electron chi connectivity index (χ4n) is 1.84. The van der Waals surface area contributed by atoms with Gasteiger partial charge in [0.15, 0.2) is 11.5 Å². The van der Waals surface area contributed by atoms with Crippen LogP contribution >= 0.6 is 11.8 Å². The predicted octanol–water partition coefficient (Wildman–Crippen LogP) is 2.54. The van der Waals surface area contributed by atoms with Crippen LogP contribution in [0.25, 0.3) is 0 Å². The minimum absolute atomic E-state index is 0.197. The van der Waals surface area contributed by atoms with E-state index in [4.69, 9.17) is 14.6 Å². The monoisotopic (exact) mass is 254 g/mol. The van der Waals surface area contributed by atoms with Crippen LogP contribution in [0.15, 0.2) is 17.0 Å². The highest BCUT2D eigenvalue weighted by Crippen LogP contribution is 2.42. The fraction of sp³-hybridized carbons (Fsp3) is 0.417. The average molecular weight is 254 g/mol. The molecule has 1 N–H and O–H groups in total. The van der Waals surface area contributed by atoms with E-state index in [1.54, 1.807) is 11.8 Å². The highest BCUT2D eigenvalue weighted by molar-refractivity contribution is 7.98. The zero-order valence-corrected chi connectivity index (χ0v) is 10.4. The quantitative estimate of drug-likeness (QED) is 0.818. The molecule has 2 rings (SSSR count). The second-order valence-electron chi connectivity index (χ2n) is 3.74. The van der Waals surface area contributed by atoms with Crippen LogP contribution < -0.4 is 9.47 Å². The van der Waals surface area contributed by atoms with Gasteiger partial charge >= 0.3 is 5.97 Å². The van der Waals surface area contributed by atoms with Gasteiger partial charge in [-0.3, -0.25) is 4.79 Å². The number of rotatable bonds is 5. The number of hydrogen-bond donors (Lipinski definition) is 1. The first-order valence-corrected chi connectivity index (χ1v) is 6.62. The van der Waals surface area contributed by atoms with Gasteiger partial charge in [0.1, 0.15) is 0 Å². The zero-order chi connectivity index (χ0) is 12.3. The Labute approximate surface area is 104 Å². The van der Waals surface area contributed by atoms with E-state index >= 15 is 0 Å². The summed E-state index contributed by atoms with van der Waals surface area (Å²) in [4.78, 5) is 11.5. The molecule has 0 atom stereocenters. The van der Waals surface area contributed by atoms with E-state index in [-0.39, 0.29) is 13.2 Å². The molecule has 0 radical (unpaired) electrons. The van der Waals surface area contributed by atoms with Crippen molar-refractivity contribution in [3.63, 3.8) is 0 Å². The van der Waals surface area contributed by atoms with E-state index < -0.39 is 5.97 Å². The highest BCUT2D eigenvalue weighted by atomic mass is 32.2. The molecule has 1 aromatic rings. The van der Waals surface area contributed by atoms with Gasteiger partial charge in [0.25, 0.3) is 0 Å². The molecule has 4 nitrogen and oxygen atoms in total. The van der Waals surface area contributed by atoms with Gasteiger partial charge in [0, 0.05) is 6.42 Å². The number of fused-ring (bicyclic) bond motifs is 1. The van der Waals surface area contributed by atoms with Gasteiger partial charge in [-0.1, -0.05) is 6.07 Å². The van der Waals surface area contributed by atoms with Crippen molar-refractivity contribution in [3.05, 3.63) is 17.7 Å². The molecular formula is C12H14O4S. The Bertz CT molecular complexity index is 431. The van der Waals surface area contributed by atoms with E-state index in [1.807, 2.05) is 18.4 Å². The molecule has 5 heteroatoms. The Morgan fingerprint density at radius 1 is 1.47 bits per heavy atom. The number of carboxylic acid groups (broad SMARTS) is 1. The summed E-state index contributed by atoms with van der Waals surface area (Å²) in [6, 6.07) is 3.87. The molecule has 0 aromatic heterocycles. The molecule has 1 aliphatic heterocycles. The number of aliphatic carboxylic acids is 1. The van der Waals surface area contributed by atoms with Crippen molar-refractivity contribution in [2.24, 2.45) is 0 Å².